The minimum absolute atomic E-state index is 0.00452. The fourth-order valence-electron chi connectivity index (χ4n) is 3.02. The molecule has 0 heterocycles. The maximum Gasteiger partial charge on any atom is 0.242 e. The molecule has 4 heteroatoms. The summed E-state index contributed by atoms with van der Waals surface area (Å²) >= 11 is 0. The van der Waals surface area contributed by atoms with Crippen molar-refractivity contribution in [1.29, 1.82) is 0 Å². The number of hydrogen-bond acceptors (Lipinski definition) is 2. The van der Waals surface area contributed by atoms with E-state index >= 15 is 0 Å². The van der Waals surface area contributed by atoms with Gasteiger partial charge in [0.2, 0.25) is 11.8 Å². The van der Waals surface area contributed by atoms with Gasteiger partial charge in [0.05, 0.1) is 0 Å². The van der Waals surface area contributed by atoms with Gasteiger partial charge < -0.3 is 10.2 Å². The van der Waals surface area contributed by atoms with Crippen molar-refractivity contribution in [2.75, 3.05) is 7.05 Å². The monoisotopic (exact) mass is 352 g/mol. The topological polar surface area (TPSA) is 49.4 Å². The molecule has 2 amide bonds. The molecule has 0 bridgehead atoms. The molecule has 0 aliphatic heterocycles. The summed E-state index contributed by atoms with van der Waals surface area (Å²) in [7, 11) is 1.61. The Labute approximate surface area is 156 Å². The number of aryl methyl sites for hydroxylation is 2. The van der Waals surface area contributed by atoms with Gasteiger partial charge in [-0.25, -0.2) is 0 Å². The van der Waals surface area contributed by atoms with Gasteiger partial charge in [-0.2, -0.15) is 0 Å². The summed E-state index contributed by atoms with van der Waals surface area (Å²) in [6, 6.07) is 17.6. The van der Waals surface area contributed by atoms with Gasteiger partial charge in [0.25, 0.3) is 0 Å². The van der Waals surface area contributed by atoms with Crippen LogP contribution in [0, 0.1) is 6.92 Å². The molecular weight excluding hydrogens is 324 g/mol. The first kappa shape index (κ1) is 19.7. The van der Waals surface area contributed by atoms with Crippen molar-refractivity contribution in [2.45, 2.75) is 45.7 Å². The molecule has 2 aromatic carbocycles. The summed E-state index contributed by atoms with van der Waals surface area (Å²) in [5, 5.41) is 2.69. The smallest absolute Gasteiger partial charge is 0.242 e. The van der Waals surface area contributed by atoms with Crippen LogP contribution in [0.3, 0.4) is 0 Å². The van der Waals surface area contributed by atoms with E-state index < -0.39 is 6.04 Å². The van der Waals surface area contributed by atoms with Gasteiger partial charge in [0.15, 0.2) is 0 Å². The molecule has 0 radical (unpaired) electrons. The van der Waals surface area contributed by atoms with Gasteiger partial charge in [0.1, 0.15) is 6.04 Å². The summed E-state index contributed by atoms with van der Waals surface area (Å²) in [6.45, 7) is 4.41. The highest BCUT2D eigenvalue weighted by atomic mass is 16.2. The minimum Gasteiger partial charge on any atom is -0.357 e. The Morgan fingerprint density at radius 3 is 2.23 bits per heavy atom. The Hall–Kier alpha value is -2.62. The molecule has 0 saturated carbocycles. The fraction of sp³-hybridized carbons (Fsp3) is 0.364. The van der Waals surface area contributed by atoms with Gasteiger partial charge in [-0.3, -0.25) is 9.59 Å². The molecular formula is C22H28N2O2. The lowest BCUT2D eigenvalue weighted by Crippen LogP contribution is -2.48. The third-order valence-electron chi connectivity index (χ3n) is 4.58. The van der Waals surface area contributed by atoms with E-state index in [2.05, 4.69) is 5.32 Å². The lowest BCUT2D eigenvalue weighted by Gasteiger charge is -2.30. The van der Waals surface area contributed by atoms with Crippen molar-refractivity contribution < 1.29 is 9.59 Å². The van der Waals surface area contributed by atoms with Crippen LogP contribution in [0.4, 0.5) is 0 Å². The van der Waals surface area contributed by atoms with Gasteiger partial charge in [-0.05, 0) is 30.9 Å². The molecule has 0 aliphatic carbocycles. The first-order chi connectivity index (χ1) is 12.5. The molecule has 2 aromatic rings. The van der Waals surface area contributed by atoms with Crippen molar-refractivity contribution in [3.8, 4) is 0 Å². The van der Waals surface area contributed by atoms with Crippen molar-refractivity contribution in [3.63, 3.8) is 0 Å². The molecule has 2 rings (SSSR count). The van der Waals surface area contributed by atoms with Crippen molar-refractivity contribution in [3.05, 3.63) is 71.3 Å². The largest absolute Gasteiger partial charge is 0.357 e. The standard InChI is InChI=1S/C22H28N2O2/c1-4-20(22(26)23-3)24(16-19-12-10-17(2)11-13-19)21(25)15-14-18-8-6-5-7-9-18/h5-13,20H,4,14-16H2,1-3H3,(H,23,26)/t20-/m1/s1. The average molecular weight is 352 g/mol. The van der Waals surface area contributed by atoms with E-state index in [0.717, 1.165) is 11.1 Å². The number of hydrogen-bond donors (Lipinski definition) is 1. The number of nitrogens with zero attached hydrogens (tertiary/aromatic N) is 1. The summed E-state index contributed by atoms with van der Waals surface area (Å²) in [6.07, 6.45) is 1.65. The molecule has 0 unspecified atom stereocenters. The minimum atomic E-state index is -0.454. The van der Waals surface area contributed by atoms with Crippen LogP contribution in [0.2, 0.25) is 0 Å². The maximum atomic E-state index is 13.0. The molecule has 1 N–H and O–H groups in total. The van der Waals surface area contributed by atoms with Crippen LogP contribution in [-0.4, -0.2) is 29.8 Å². The van der Waals surface area contributed by atoms with Crippen molar-refractivity contribution in [1.82, 2.24) is 10.2 Å². The summed E-state index contributed by atoms with van der Waals surface area (Å²) < 4.78 is 0. The molecule has 138 valence electrons. The van der Waals surface area contributed by atoms with Crippen molar-refractivity contribution >= 4 is 11.8 Å². The second kappa shape index (κ2) is 9.76. The van der Waals surface area contributed by atoms with E-state index in [1.807, 2.05) is 68.4 Å². The summed E-state index contributed by atoms with van der Waals surface area (Å²) in [4.78, 5) is 27.0. The van der Waals surface area contributed by atoms with E-state index in [0.29, 0.717) is 25.8 Å². The van der Waals surface area contributed by atoms with Crippen LogP contribution >= 0.6 is 0 Å². The predicted octanol–water partition coefficient (Wildman–Crippen LogP) is 3.48. The normalized spacial score (nSPS) is 11.7. The van der Waals surface area contributed by atoms with Crippen LogP contribution in [0.15, 0.2) is 54.6 Å². The molecule has 4 nitrogen and oxygen atoms in total. The summed E-state index contributed by atoms with van der Waals surface area (Å²) in [5.74, 6) is -0.113. The zero-order valence-electron chi connectivity index (χ0n) is 15.9. The first-order valence-electron chi connectivity index (χ1n) is 9.15. The van der Waals surface area contributed by atoms with Crippen molar-refractivity contribution in [2.24, 2.45) is 0 Å². The SMILES string of the molecule is CC[C@H](C(=O)NC)N(Cc1ccc(C)cc1)C(=O)CCc1ccccc1. The Morgan fingerprint density at radius 2 is 1.65 bits per heavy atom. The highest BCUT2D eigenvalue weighted by molar-refractivity contribution is 5.87. The quantitative estimate of drug-likeness (QED) is 0.791. The lowest BCUT2D eigenvalue weighted by atomic mass is 10.1. The molecule has 0 spiro atoms. The Bertz CT molecular complexity index is 711. The Kier molecular flexibility index (Phi) is 7.39. The van der Waals surface area contributed by atoms with E-state index in [1.54, 1.807) is 11.9 Å². The molecule has 1 atom stereocenters. The number of carbonyl (C=O) groups is 2. The Morgan fingerprint density at radius 1 is 1.00 bits per heavy atom. The van der Waals surface area contributed by atoms with Gasteiger partial charge >= 0.3 is 0 Å². The summed E-state index contributed by atoms with van der Waals surface area (Å²) in [5.41, 5.74) is 3.34. The van der Waals surface area contributed by atoms with E-state index in [1.165, 1.54) is 5.56 Å². The second-order valence-electron chi connectivity index (χ2n) is 6.53. The Balaban J connectivity index is 2.16. The van der Waals surface area contributed by atoms with Crippen LogP contribution in [0.25, 0.3) is 0 Å². The molecule has 0 fully saturated rings. The highest BCUT2D eigenvalue weighted by Gasteiger charge is 2.27. The van der Waals surface area contributed by atoms with E-state index in [-0.39, 0.29) is 11.8 Å². The maximum absolute atomic E-state index is 13.0. The van der Waals surface area contributed by atoms with Crippen LogP contribution in [0.5, 0.6) is 0 Å². The zero-order valence-corrected chi connectivity index (χ0v) is 15.9. The van der Waals surface area contributed by atoms with E-state index in [9.17, 15) is 9.59 Å². The third-order valence-corrected chi connectivity index (χ3v) is 4.58. The lowest BCUT2D eigenvalue weighted by molar-refractivity contribution is -0.141. The predicted molar refractivity (Wildman–Crippen MR) is 105 cm³/mol. The number of carbonyl (C=O) groups excluding carboxylic acids is 2. The number of benzene rings is 2. The highest BCUT2D eigenvalue weighted by Crippen LogP contribution is 2.15. The fourth-order valence-corrected chi connectivity index (χ4v) is 3.02. The number of nitrogens with one attached hydrogen (secondary N) is 1. The molecule has 0 aliphatic rings. The van der Waals surface area contributed by atoms with Crippen LogP contribution < -0.4 is 5.32 Å². The van der Waals surface area contributed by atoms with Gasteiger partial charge in [-0.1, -0.05) is 67.1 Å². The first-order valence-corrected chi connectivity index (χ1v) is 9.15. The number of likely N-dealkylation sites (N-methyl/N-ethyl adjacent to an activating group) is 1. The third kappa shape index (κ3) is 5.45. The van der Waals surface area contributed by atoms with E-state index in [4.69, 9.17) is 0 Å². The second-order valence-corrected chi connectivity index (χ2v) is 6.53. The van der Waals surface area contributed by atoms with Gasteiger partial charge in [0, 0.05) is 20.0 Å². The zero-order chi connectivity index (χ0) is 18.9. The molecule has 0 aromatic heterocycles. The molecule has 0 saturated heterocycles. The average Bonchev–Trinajstić information content (AvgIpc) is 2.68. The van der Waals surface area contributed by atoms with Crippen LogP contribution in [-0.2, 0) is 22.6 Å². The van der Waals surface area contributed by atoms with Crippen LogP contribution in [0.1, 0.15) is 36.5 Å². The number of amides is 2. The van der Waals surface area contributed by atoms with Gasteiger partial charge in [-0.15, -0.1) is 0 Å². The number of rotatable bonds is 8. The molecule has 26 heavy (non-hydrogen) atoms.